The van der Waals surface area contributed by atoms with Crippen molar-refractivity contribution < 1.29 is 23.1 Å². The summed E-state index contributed by atoms with van der Waals surface area (Å²) in [5.74, 6) is -0.535. The van der Waals surface area contributed by atoms with Crippen molar-refractivity contribution in [1.29, 1.82) is 5.26 Å². The lowest BCUT2D eigenvalue weighted by atomic mass is 9.96. The fourth-order valence-electron chi connectivity index (χ4n) is 5.83. The largest absolute Gasteiger partial charge is 0.394 e. The van der Waals surface area contributed by atoms with Crippen LogP contribution in [-0.2, 0) is 28.4 Å². The summed E-state index contributed by atoms with van der Waals surface area (Å²) < 4.78 is 36.8. The first kappa shape index (κ1) is 30.4. The van der Waals surface area contributed by atoms with Crippen molar-refractivity contribution in [3.8, 4) is 17.2 Å². The number of aliphatic hydroxyl groups is 1. The number of para-hydroxylation sites is 1. The van der Waals surface area contributed by atoms with Crippen molar-refractivity contribution in [3.63, 3.8) is 0 Å². The summed E-state index contributed by atoms with van der Waals surface area (Å²) in [6, 6.07) is 23.2. The lowest BCUT2D eigenvalue weighted by Crippen LogP contribution is -2.48. The van der Waals surface area contributed by atoms with Crippen molar-refractivity contribution in [2.75, 3.05) is 26.7 Å². The van der Waals surface area contributed by atoms with Gasteiger partial charge in [0.15, 0.2) is 0 Å². The summed E-state index contributed by atoms with van der Waals surface area (Å²) in [6.07, 6.45) is -0.610. The van der Waals surface area contributed by atoms with Crippen molar-refractivity contribution in [2.24, 2.45) is 13.0 Å². The summed E-state index contributed by atoms with van der Waals surface area (Å²) in [4.78, 5) is 16.1. The van der Waals surface area contributed by atoms with Crippen LogP contribution in [0.5, 0.6) is 0 Å². The summed E-state index contributed by atoms with van der Waals surface area (Å²) in [6.45, 7) is 3.90. The van der Waals surface area contributed by atoms with Crippen molar-refractivity contribution in [1.82, 2.24) is 13.8 Å². The highest BCUT2D eigenvalue weighted by atomic mass is 32.2. The van der Waals surface area contributed by atoms with Gasteiger partial charge in [-0.3, -0.25) is 4.79 Å². The maximum absolute atomic E-state index is 14.5. The van der Waals surface area contributed by atoms with Gasteiger partial charge in [-0.2, -0.15) is 9.57 Å². The topological polar surface area (TPSA) is 116 Å². The van der Waals surface area contributed by atoms with Crippen LogP contribution in [0, 0.1) is 17.2 Å². The van der Waals surface area contributed by atoms with Crippen molar-refractivity contribution in [3.05, 3.63) is 89.6 Å². The predicted molar refractivity (Wildman–Crippen MR) is 165 cm³/mol. The number of fused-ring (bicyclic) bond motifs is 5. The number of carbonyl (C=O) groups is 1. The molecule has 0 saturated carbocycles. The van der Waals surface area contributed by atoms with Crippen LogP contribution >= 0.6 is 0 Å². The maximum atomic E-state index is 14.5. The number of hydrogen-bond donors (Lipinski definition) is 1. The van der Waals surface area contributed by atoms with E-state index in [4.69, 9.17) is 4.74 Å². The molecule has 1 N–H and O–H groups in total. The van der Waals surface area contributed by atoms with Gasteiger partial charge in [-0.1, -0.05) is 61.5 Å². The van der Waals surface area contributed by atoms with Crippen LogP contribution in [-0.4, -0.2) is 72.1 Å². The Balaban J connectivity index is 1.61. The standard InChI is InChI=1S/C33H36N4O5S/c1-22-18-37(23(2)20-38)33(39)32-31(27-14-8-9-15-28(27)36(32)4)26-13-7-5-12-25(26)21-42-29(22)19-35(3)43(40,41)30-16-10-6-11-24(30)17-34/h5-16,22-23,29,38H,18-21H2,1-4H3/t22-,23-,29-/m1/s1. The van der Waals surface area contributed by atoms with E-state index in [1.165, 1.54) is 23.5 Å². The maximum Gasteiger partial charge on any atom is 0.271 e. The Kier molecular flexibility index (Phi) is 8.71. The van der Waals surface area contributed by atoms with Crippen molar-refractivity contribution in [2.45, 2.75) is 37.5 Å². The quantitative estimate of drug-likeness (QED) is 0.351. The molecule has 2 heterocycles. The molecule has 43 heavy (non-hydrogen) atoms. The van der Waals surface area contributed by atoms with Gasteiger partial charge in [-0.05, 0) is 36.2 Å². The SMILES string of the molecule is C[C@@H]1CN([C@H](C)CO)C(=O)c2c(c3ccccc3n2C)-c2ccccc2CO[C@@H]1CN(C)S(=O)(=O)c1ccccc1C#N. The Hall–Kier alpha value is -4.01. The molecule has 4 aromatic rings. The van der Waals surface area contributed by atoms with Crippen LogP contribution < -0.4 is 0 Å². The summed E-state index contributed by atoms with van der Waals surface area (Å²) >= 11 is 0. The molecule has 0 fully saturated rings. The normalized spacial score (nSPS) is 18.5. The third kappa shape index (κ3) is 5.57. The van der Waals surface area contributed by atoms with E-state index < -0.39 is 22.2 Å². The number of amides is 1. The van der Waals surface area contributed by atoms with Crippen LogP contribution in [0.3, 0.4) is 0 Å². The number of ether oxygens (including phenoxy) is 1. The number of aromatic nitrogens is 1. The molecule has 5 rings (SSSR count). The molecular weight excluding hydrogens is 564 g/mol. The Bertz CT molecular complexity index is 1810. The van der Waals surface area contributed by atoms with E-state index in [9.17, 15) is 23.6 Å². The lowest BCUT2D eigenvalue weighted by molar-refractivity contribution is -0.0147. The van der Waals surface area contributed by atoms with Crippen LogP contribution in [0.2, 0.25) is 0 Å². The third-order valence-electron chi connectivity index (χ3n) is 8.36. The van der Waals surface area contributed by atoms with Crippen molar-refractivity contribution >= 4 is 26.8 Å². The molecule has 1 amide bonds. The Morgan fingerprint density at radius 2 is 1.77 bits per heavy atom. The van der Waals surface area contributed by atoms with Gasteiger partial charge in [-0.15, -0.1) is 0 Å². The molecule has 1 aliphatic heterocycles. The zero-order valence-corrected chi connectivity index (χ0v) is 25.6. The molecule has 10 heteroatoms. The highest BCUT2D eigenvalue weighted by Crippen LogP contribution is 2.38. The Labute approximate surface area is 252 Å². The van der Waals surface area contributed by atoms with E-state index in [-0.39, 0.29) is 48.6 Å². The first-order valence-electron chi connectivity index (χ1n) is 14.2. The zero-order valence-electron chi connectivity index (χ0n) is 24.8. The molecule has 1 aromatic heterocycles. The van der Waals surface area contributed by atoms with Gasteiger partial charge < -0.3 is 19.3 Å². The second-order valence-corrected chi connectivity index (χ2v) is 13.2. The van der Waals surface area contributed by atoms with E-state index >= 15 is 0 Å². The van der Waals surface area contributed by atoms with Gasteiger partial charge in [0.2, 0.25) is 10.0 Å². The van der Waals surface area contributed by atoms with Crippen LogP contribution in [0.25, 0.3) is 22.0 Å². The van der Waals surface area contributed by atoms with E-state index in [2.05, 4.69) is 0 Å². The highest BCUT2D eigenvalue weighted by molar-refractivity contribution is 7.89. The number of aryl methyl sites for hydroxylation is 1. The number of benzene rings is 3. The molecule has 0 radical (unpaired) electrons. The Morgan fingerprint density at radius 3 is 2.51 bits per heavy atom. The molecule has 0 spiro atoms. The number of rotatable bonds is 6. The average molecular weight is 601 g/mol. The first-order valence-corrected chi connectivity index (χ1v) is 15.7. The molecular formula is C33H36N4O5S. The number of likely N-dealkylation sites (N-methyl/N-ethyl adjacent to an activating group) is 1. The fourth-order valence-corrected chi connectivity index (χ4v) is 7.15. The van der Waals surface area contributed by atoms with E-state index in [0.717, 1.165) is 27.6 Å². The van der Waals surface area contributed by atoms with Gasteiger partial charge in [0.05, 0.1) is 35.8 Å². The fraction of sp³-hybridized carbons (Fsp3) is 0.333. The number of nitrogens with zero attached hydrogens (tertiary/aromatic N) is 4. The minimum atomic E-state index is -4.01. The number of nitriles is 1. The number of hydrogen-bond acceptors (Lipinski definition) is 6. The number of sulfonamides is 1. The third-order valence-corrected chi connectivity index (χ3v) is 10.2. The minimum Gasteiger partial charge on any atom is -0.394 e. The summed E-state index contributed by atoms with van der Waals surface area (Å²) in [7, 11) is -0.661. The van der Waals surface area contributed by atoms with Gasteiger partial charge in [0, 0.05) is 49.6 Å². The summed E-state index contributed by atoms with van der Waals surface area (Å²) in [5, 5.41) is 20.7. The number of aliphatic hydroxyl groups excluding tert-OH is 1. The molecule has 0 bridgehead atoms. The molecule has 0 unspecified atom stereocenters. The van der Waals surface area contributed by atoms with Gasteiger partial charge in [-0.25, -0.2) is 8.42 Å². The monoisotopic (exact) mass is 600 g/mol. The second-order valence-electron chi connectivity index (χ2n) is 11.2. The average Bonchev–Trinajstić information content (AvgIpc) is 3.31. The Morgan fingerprint density at radius 1 is 1.09 bits per heavy atom. The molecule has 3 aromatic carbocycles. The molecule has 224 valence electrons. The predicted octanol–water partition coefficient (Wildman–Crippen LogP) is 4.40. The van der Waals surface area contributed by atoms with Crippen LogP contribution in [0.4, 0.5) is 0 Å². The molecule has 0 aliphatic carbocycles. The van der Waals surface area contributed by atoms with Gasteiger partial charge in [0.1, 0.15) is 11.8 Å². The van der Waals surface area contributed by atoms with E-state index in [0.29, 0.717) is 5.69 Å². The van der Waals surface area contributed by atoms with Gasteiger partial charge >= 0.3 is 0 Å². The van der Waals surface area contributed by atoms with E-state index in [1.807, 2.05) is 73.1 Å². The zero-order chi connectivity index (χ0) is 30.9. The summed E-state index contributed by atoms with van der Waals surface area (Å²) in [5.41, 5.74) is 4.04. The highest BCUT2D eigenvalue weighted by Gasteiger charge is 2.35. The molecule has 1 aliphatic rings. The minimum absolute atomic E-state index is 0.00313. The lowest BCUT2D eigenvalue weighted by Gasteiger charge is -2.35. The number of carbonyl (C=O) groups excluding carboxylic acids is 1. The van der Waals surface area contributed by atoms with E-state index in [1.54, 1.807) is 24.0 Å². The van der Waals surface area contributed by atoms with Gasteiger partial charge in [0.25, 0.3) is 5.91 Å². The first-order chi connectivity index (χ1) is 20.6. The molecule has 9 nitrogen and oxygen atoms in total. The molecule has 0 saturated heterocycles. The smallest absolute Gasteiger partial charge is 0.271 e. The molecule has 3 atom stereocenters. The second kappa shape index (κ2) is 12.3. The van der Waals surface area contributed by atoms with Crippen LogP contribution in [0.15, 0.2) is 77.7 Å². The van der Waals surface area contributed by atoms with Crippen LogP contribution in [0.1, 0.15) is 35.5 Å².